The number of rotatable bonds is 6. The van der Waals surface area contributed by atoms with E-state index in [0.717, 1.165) is 0 Å². The van der Waals surface area contributed by atoms with Gasteiger partial charge < -0.3 is 9.64 Å². The van der Waals surface area contributed by atoms with Crippen LogP contribution in [-0.2, 0) is 4.79 Å². The number of carbonyl (C=O) groups excluding carboxylic acids is 1. The first-order chi connectivity index (χ1) is 10.1. The minimum Gasteiger partial charge on any atom is -0.492 e. The zero-order valence-corrected chi connectivity index (χ0v) is 12.7. The van der Waals surface area contributed by atoms with E-state index in [1.165, 1.54) is 17.3 Å². The van der Waals surface area contributed by atoms with Crippen molar-refractivity contribution in [2.75, 3.05) is 20.2 Å². The average molecular weight is 309 g/mol. The van der Waals surface area contributed by atoms with Crippen LogP contribution in [0.25, 0.3) is 0 Å². The van der Waals surface area contributed by atoms with E-state index >= 15 is 0 Å². The fourth-order valence-corrected chi connectivity index (χ4v) is 2.00. The summed E-state index contributed by atoms with van der Waals surface area (Å²) < 4.78 is 7.09. The lowest BCUT2D eigenvalue weighted by molar-refractivity contribution is -0.133. The molecule has 0 bridgehead atoms. The molecule has 0 N–H and O–H groups in total. The smallest absolute Gasteiger partial charge is 0.247 e. The van der Waals surface area contributed by atoms with Gasteiger partial charge in [0, 0.05) is 12.1 Å². The highest BCUT2D eigenvalue weighted by molar-refractivity contribution is 6.30. The Balaban J connectivity index is 1.81. The van der Waals surface area contributed by atoms with Gasteiger partial charge in [-0.2, -0.15) is 5.10 Å². The number of halogens is 1. The van der Waals surface area contributed by atoms with Crippen LogP contribution in [0.3, 0.4) is 0 Å². The third-order valence-corrected chi connectivity index (χ3v) is 3.29. The Hall–Kier alpha value is -2.08. The molecule has 1 unspecified atom stereocenters. The first kappa shape index (κ1) is 15.3. The molecule has 0 saturated heterocycles. The van der Waals surface area contributed by atoms with Gasteiger partial charge in [-0.05, 0) is 25.1 Å². The maximum absolute atomic E-state index is 12.2. The van der Waals surface area contributed by atoms with Gasteiger partial charge in [0.1, 0.15) is 31.1 Å². The molecule has 112 valence electrons. The van der Waals surface area contributed by atoms with Gasteiger partial charge in [-0.15, -0.1) is 0 Å². The normalized spacial score (nSPS) is 12.0. The summed E-state index contributed by atoms with van der Waals surface area (Å²) in [7, 11) is 1.73. The Kier molecular flexibility index (Phi) is 5.16. The Morgan fingerprint density at radius 1 is 1.52 bits per heavy atom. The fraction of sp³-hybridized carbons (Fsp3) is 0.357. The monoisotopic (exact) mass is 308 g/mol. The number of nitrogens with zero attached hydrogens (tertiary/aromatic N) is 4. The van der Waals surface area contributed by atoms with E-state index in [1.54, 1.807) is 31.0 Å². The summed E-state index contributed by atoms with van der Waals surface area (Å²) >= 11 is 5.88. The van der Waals surface area contributed by atoms with Gasteiger partial charge >= 0.3 is 0 Å². The summed E-state index contributed by atoms with van der Waals surface area (Å²) in [5.74, 6) is 0.642. The third-order valence-electron chi connectivity index (χ3n) is 3.06. The highest BCUT2D eigenvalue weighted by Gasteiger charge is 2.19. The van der Waals surface area contributed by atoms with Crippen molar-refractivity contribution in [2.45, 2.75) is 13.0 Å². The van der Waals surface area contributed by atoms with E-state index in [9.17, 15) is 4.79 Å². The molecule has 1 aromatic carbocycles. The summed E-state index contributed by atoms with van der Waals surface area (Å²) in [6, 6.07) is 6.78. The Morgan fingerprint density at radius 3 is 3.00 bits per heavy atom. The van der Waals surface area contributed by atoms with Crippen LogP contribution in [-0.4, -0.2) is 45.8 Å². The molecule has 0 aliphatic heterocycles. The van der Waals surface area contributed by atoms with Crippen LogP contribution in [0.4, 0.5) is 0 Å². The highest BCUT2D eigenvalue weighted by Crippen LogP contribution is 2.17. The predicted octanol–water partition coefficient (Wildman–Crippen LogP) is 2.03. The second kappa shape index (κ2) is 7.08. The second-order valence-electron chi connectivity index (χ2n) is 4.62. The molecular weight excluding hydrogens is 292 g/mol. The lowest BCUT2D eigenvalue weighted by Gasteiger charge is -2.21. The van der Waals surface area contributed by atoms with Crippen LogP contribution in [0.15, 0.2) is 36.9 Å². The van der Waals surface area contributed by atoms with E-state index in [2.05, 4.69) is 10.1 Å². The number of amides is 1. The topological polar surface area (TPSA) is 60.2 Å². The number of likely N-dealkylation sites (N-methyl/N-ethyl adjacent to an activating group) is 1. The first-order valence-electron chi connectivity index (χ1n) is 6.55. The molecule has 0 radical (unpaired) electrons. The average Bonchev–Trinajstić information content (AvgIpc) is 3.00. The van der Waals surface area contributed by atoms with Gasteiger partial charge in [0.05, 0.1) is 6.54 Å². The predicted molar refractivity (Wildman–Crippen MR) is 79.3 cm³/mol. The number of carbonyl (C=O) groups is 1. The Bertz CT molecular complexity index is 588. The molecule has 0 aliphatic carbocycles. The zero-order valence-electron chi connectivity index (χ0n) is 11.9. The van der Waals surface area contributed by atoms with Crippen LogP contribution >= 0.6 is 11.6 Å². The molecule has 1 heterocycles. The SMILES string of the molecule is CC(C(=O)N(C)CCOc1cccc(Cl)c1)n1cncn1. The summed E-state index contributed by atoms with van der Waals surface area (Å²) in [6.07, 6.45) is 2.94. The molecule has 1 amide bonds. The van der Waals surface area contributed by atoms with Crippen molar-refractivity contribution in [1.82, 2.24) is 19.7 Å². The summed E-state index contributed by atoms with van der Waals surface area (Å²) in [5, 5.41) is 4.59. The molecule has 1 atom stereocenters. The van der Waals surface area contributed by atoms with E-state index in [4.69, 9.17) is 16.3 Å². The summed E-state index contributed by atoms with van der Waals surface area (Å²) in [5.41, 5.74) is 0. The zero-order chi connectivity index (χ0) is 15.2. The largest absolute Gasteiger partial charge is 0.492 e. The van der Waals surface area contributed by atoms with Crippen LogP contribution in [0.5, 0.6) is 5.75 Å². The van der Waals surface area contributed by atoms with Crippen LogP contribution in [0.1, 0.15) is 13.0 Å². The van der Waals surface area contributed by atoms with Gasteiger partial charge in [0.2, 0.25) is 5.91 Å². The van der Waals surface area contributed by atoms with Crippen LogP contribution < -0.4 is 4.74 Å². The maximum atomic E-state index is 12.2. The molecule has 7 heteroatoms. The number of ether oxygens (including phenoxy) is 1. The van der Waals surface area contributed by atoms with Crippen molar-refractivity contribution in [3.8, 4) is 5.75 Å². The van der Waals surface area contributed by atoms with E-state index in [0.29, 0.717) is 23.9 Å². The molecule has 6 nitrogen and oxygen atoms in total. The van der Waals surface area contributed by atoms with Crippen molar-refractivity contribution in [3.05, 3.63) is 41.9 Å². The van der Waals surface area contributed by atoms with Crippen molar-refractivity contribution in [1.29, 1.82) is 0 Å². The lowest BCUT2D eigenvalue weighted by atomic mass is 10.3. The van der Waals surface area contributed by atoms with E-state index < -0.39 is 0 Å². The summed E-state index contributed by atoms with van der Waals surface area (Å²) in [6.45, 7) is 2.66. The minimum absolute atomic E-state index is 0.0461. The molecule has 21 heavy (non-hydrogen) atoms. The Morgan fingerprint density at radius 2 is 2.33 bits per heavy atom. The molecule has 0 saturated carbocycles. The van der Waals surface area contributed by atoms with Gasteiger partial charge in [0.25, 0.3) is 0 Å². The molecule has 2 rings (SSSR count). The molecule has 1 aromatic heterocycles. The number of hydrogen-bond donors (Lipinski definition) is 0. The first-order valence-corrected chi connectivity index (χ1v) is 6.93. The number of aromatic nitrogens is 3. The molecule has 0 fully saturated rings. The Labute approximate surface area is 128 Å². The van der Waals surface area contributed by atoms with Crippen molar-refractivity contribution < 1.29 is 9.53 Å². The second-order valence-corrected chi connectivity index (χ2v) is 5.05. The fourth-order valence-electron chi connectivity index (χ4n) is 1.82. The van der Waals surface area contributed by atoms with Crippen LogP contribution in [0, 0.1) is 0 Å². The van der Waals surface area contributed by atoms with Crippen molar-refractivity contribution >= 4 is 17.5 Å². The van der Waals surface area contributed by atoms with Gasteiger partial charge in [-0.3, -0.25) is 4.79 Å². The van der Waals surface area contributed by atoms with Gasteiger partial charge in [-0.25, -0.2) is 9.67 Å². The van der Waals surface area contributed by atoms with Crippen LogP contribution in [0.2, 0.25) is 5.02 Å². The molecular formula is C14H17ClN4O2. The standard InChI is InChI=1S/C14H17ClN4O2/c1-11(19-10-16-9-17-19)14(20)18(2)6-7-21-13-5-3-4-12(15)8-13/h3-5,8-11H,6-7H2,1-2H3. The lowest BCUT2D eigenvalue weighted by Crippen LogP contribution is -2.36. The minimum atomic E-state index is -0.385. The van der Waals surface area contributed by atoms with Crippen molar-refractivity contribution in [2.24, 2.45) is 0 Å². The van der Waals surface area contributed by atoms with E-state index in [1.807, 2.05) is 12.1 Å². The van der Waals surface area contributed by atoms with Gasteiger partial charge in [-0.1, -0.05) is 17.7 Å². The van der Waals surface area contributed by atoms with Gasteiger partial charge in [0.15, 0.2) is 0 Å². The molecule has 2 aromatic rings. The highest BCUT2D eigenvalue weighted by atomic mass is 35.5. The quantitative estimate of drug-likeness (QED) is 0.819. The molecule has 0 aliphatic rings. The van der Waals surface area contributed by atoms with Crippen molar-refractivity contribution in [3.63, 3.8) is 0 Å². The number of hydrogen-bond acceptors (Lipinski definition) is 4. The summed E-state index contributed by atoms with van der Waals surface area (Å²) in [4.78, 5) is 17.6. The van der Waals surface area contributed by atoms with E-state index in [-0.39, 0.29) is 11.9 Å². The third kappa shape index (κ3) is 4.19. The maximum Gasteiger partial charge on any atom is 0.247 e. The number of benzene rings is 1. The molecule has 0 spiro atoms.